The van der Waals surface area contributed by atoms with Gasteiger partial charge in [-0.1, -0.05) is 12.8 Å². The van der Waals surface area contributed by atoms with Gasteiger partial charge in [0.2, 0.25) is 0 Å². The average molecular weight is 475 g/mol. The van der Waals surface area contributed by atoms with E-state index in [1.54, 1.807) is 12.1 Å². The van der Waals surface area contributed by atoms with Crippen LogP contribution in [0, 0.1) is 0 Å². The van der Waals surface area contributed by atoms with Crippen molar-refractivity contribution in [1.82, 2.24) is 15.5 Å². The summed E-state index contributed by atoms with van der Waals surface area (Å²) in [5, 5.41) is 6.81. The number of hydrogen-bond donors (Lipinski definition) is 3. The van der Waals surface area contributed by atoms with Gasteiger partial charge in [-0.2, -0.15) is 0 Å². The molecule has 0 aromatic carbocycles. The van der Waals surface area contributed by atoms with Crippen molar-refractivity contribution in [3.8, 4) is 0 Å². The van der Waals surface area contributed by atoms with Crippen LogP contribution in [0.1, 0.15) is 55.3 Å². The van der Waals surface area contributed by atoms with E-state index in [4.69, 9.17) is 10.2 Å². The maximum Gasteiger partial charge on any atom is 0.284 e. The number of carbonyl (C=O) groups is 1. The molecule has 3 rings (SSSR count). The van der Waals surface area contributed by atoms with Crippen molar-refractivity contribution in [3.63, 3.8) is 0 Å². The van der Waals surface area contributed by atoms with E-state index in [1.807, 2.05) is 0 Å². The standard InChI is InChI=1S/C18H29N5O2.HI/c1-2-20-18(21-11-15-7-8-16(25-15)17(19)24)22-13-9-10-23(12-13)14-5-3-4-6-14;/h7-8,13-14H,2-6,9-12H2,1H3,(H2,19,24)(H2,20,21,22);1H. The van der Waals surface area contributed by atoms with E-state index in [-0.39, 0.29) is 29.7 Å². The molecule has 1 aromatic heterocycles. The van der Waals surface area contributed by atoms with Crippen molar-refractivity contribution in [2.24, 2.45) is 10.7 Å². The molecule has 1 saturated heterocycles. The quantitative estimate of drug-likeness (QED) is 0.333. The van der Waals surface area contributed by atoms with Crippen LogP contribution in [0.3, 0.4) is 0 Å². The highest BCUT2D eigenvalue weighted by atomic mass is 127. The van der Waals surface area contributed by atoms with Crippen molar-refractivity contribution in [1.29, 1.82) is 0 Å². The molecule has 1 atom stereocenters. The first kappa shape index (κ1) is 21.0. The first-order valence-electron chi connectivity index (χ1n) is 9.33. The molecular weight excluding hydrogens is 445 g/mol. The molecule has 1 aliphatic carbocycles. The fourth-order valence-electron chi connectivity index (χ4n) is 3.77. The maximum absolute atomic E-state index is 11.1. The Hall–Kier alpha value is -1.29. The summed E-state index contributed by atoms with van der Waals surface area (Å²) in [5.74, 6) is 1.03. The molecule has 1 amide bonds. The van der Waals surface area contributed by atoms with Gasteiger partial charge in [-0.3, -0.25) is 9.69 Å². The highest BCUT2D eigenvalue weighted by Crippen LogP contribution is 2.26. The Morgan fingerprint density at radius 2 is 2.12 bits per heavy atom. The van der Waals surface area contributed by atoms with Crippen LogP contribution < -0.4 is 16.4 Å². The number of primary amides is 1. The van der Waals surface area contributed by atoms with Crippen molar-refractivity contribution >= 4 is 35.8 Å². The number of furan rings is 1. The minimum absolute atomic E-state index is 0. The fourth-order valence-corrected chi connectivity index (χ4v) is 3.77. The molecule has 26 heavy (non-hydrogen) atoms. The number of hydrogen-bond acceptors (Lipinski definition) is 4. The average Bonchev–Trinajstić information content (AvgIpc) is 3.33. The van der Waals surface area contributed by atoms with E-state index < -0.39 is 5.91 Å². The van der Waals surface area contributed by atoms with Crippen LogP contribution in [-0.4, -0.2) is 48.5 Å². The van der Waals surface area contributed by atoms with Gasteiger partial charge in [0, 0.05) is 31.7 Å². The summed E-state index contributed by atoms with van der Waals surface area (Å²) in [6.07, 6.45) is 6.59. The molecule has 2 fully saturated rings. The van der Waals surface area contributed by atoms with E-state index in [2.05, 4.69) is 27.4 Å². The lowest BCUT2D eigenvalue weighted by molar-refractivity contribution is 0.0972. The summed E-state index contributed by atoms with van der Waals surface area (Å²) in [5.41, 5.74) is 5.21. The first-order valence-corrected chi connectivity index (χ1v) is 9.33. The molecule has 0 bridgehead atoms. The lowest BCUT2D eigenvalue weighted by atomic mass is 10.2. The number of carbonyl (C=O) groups excluding carboxylic acids is 1. The second-order valence-electron chi connectivity index (χ2n) is 6.89. The van der Waals surface area contributed by atoms with Gasteiger partial charge in [-0.05, 0) is 38.3 Å². The third-order valence-corrected chi connectivity index (χ3v) is 5.04. The summed E-state index contributed by atoms with van der Waals surface area (Å²) in [6, 6.07) is 4.53. The number of amides is 1. The third-order valence-electron chi connectivity index (χ3n) is 5.04. The van der Waals surface area contributed by atoms with Crippen LogP contribution in [0.15, 0.2) is 21.5 Å². The number of nitrogens with zero attached hydrogens (tertiary/aromatic N) is 2. The zero-order chi connectivity index (χ0) is 17.6. The number of aliphatic imine (C=N–C) groups is 1. The molecule has 0 radical (unpaired) electrons. The fraction of sp³-hybridized carbons (Fsp3) is 0.667. The lowest BCUT2D eigenvalue weighted by Crippen LogP contribution is -2.45. The Bertz CT molecular complexity index is 612. The highest BCUT2D eigenvalue weighted by Gasteiger charge is 2.30. The topological polar surface area (TPSA) is 95.9 Å². The Kier molecular flexibility index (Phi) is 8.20. The smallest absolute Gasteiger partial charge is 0.284 e. The van der Waals surface area contributed by atoms with Gasteiger partial charge < -0.3 is 20.8 Å². The van der Waals surface area contributed by atoms with Gasteiger partial charge in [-0.15, -0.1) is 24.0 Å². The normalized spacial score (nSPS) is 21.6. The van der Waals surface area contributed by atoms with Crippen LogP contribution >= 0.6 is 24.0 Å². The minimum atomic E-state index is -0.557. The molecule has 1 aromatic rings. The van der Waals surface area contributed by atoms with Gasteiger partial charge in [0.1, 0.15) is 12.3 Å². The number of halogens is 1. The molecule has 8 heteroatoms. The summed E-state index contributed by atoms with van der Waals surface area (Å²) in [6.45, 7) is 5.48. The van der Waals surface area contributed by atoms with Crippen molar-refractivity contribution in [3.05, 3.63) is 23.7 Å². The molecule has 4 N–H and O–H groups in total. The molecule has 0 spiro atoms. The Labute approximate surface area is 172 Å². The monoisotopic (exact) mass is 475 g/mol. The van der Waals surface area contributed by atoms with E-state index in [9.17, 15) is 4.79 Å². The lowest BCUT2D eigenvalue weighted by Gasteiger charge is -2.24. The summed E-state index contributed by atoms with van der Waals surface area (Å²) >= 11 is 0. The highest BCUT2D eigenvalue weighted by molar-refractivity contribution is 14.0. The van der Waals surface area contributed by atoms with Gasteiger partial charge >= 0.3 is 0 Å². The molecule has 1 unspecified atom stereocenters. The molecular formula is C18H30IN5O2. The predicted molar refractivity (Wildman–Crippen MR) is 113 cm³/mol. The van der Waals surface area contributed by atoms with E-state index in [0.29, 0.717) is 18.3 Å². The third kappa shape index (κ3) is 5.60. The molecule has 7 nitrogen and oxygen atoms in total. The van der Waals surface area contributed by atoms with E-state index in [1.165, 1.54) is 32.2 Å². The first-order chi connectivity index (χ1) is 12.2. The Morgan fingerprint density at radius 3 is 2.77 bits per heavy atom. The maximum atomic E-state index is 11.1. The van der Waals surface area contributed by atoms with Crippen LogP contribution in [0.2, 0.25) is 0 Å². The number of likely N-dealkylation sites (tertiary alicyclic amines) is 1. The zero-order valence-electron chi connectivity index (χ0n) is 15.4. The second-order valence-corrected chi connectivity index (χ2v) is 6.89. The Morgan fingerprint density at radius 1 is 1.35 bits per heavy atom. The second kappa shape index (κ2) is 10.1. The molecule has 2 heterocycles. The zero-order valence-corrected chi connectivity index (χ0v) is 17.7. The number of nitrogens with one attached hydrogen (secondary N) is 2. The van der Waals surface area contributed by atoms with Crippen molar-refractivity contribution in [2.45, 2.75) is 57.7 Å². The van der Waals surface area contributed by atoms with Gasteiger partial charge in [-0.25, -0.2) is 4.99 Å². The largest absolute Gasteiger partial charge is 0.454 e. The van der Waals surface area contributed by atoms with Crippen LogP contribution in [0.4, 0.5) is 0 Å². The SMILES string of the molecule is CCNC(=NCc1ccc(C(N)=O)o1)NC1CCN(C2CCCC2)C1.I. The van der Waals surface area contributed by atoms with Crippen LogP contribution in [0.25, 0.3) is 0 Å². The molecule has 1 saturated carbocycles. The van der Waals surface area contributed by atoms with Crippen LogP contribution in [0.5, 0.6) is 0 Å². The predicted octanol–water partition coefficient (Wildman–Crippen LogP) is 2.07. The molecule has 146 valence electrons. The molecule has 2 aliphatic rings. The van der Waals surface area contributed by atoms with E-state index >= 15 is 0 Å². The number of rotatable bonds is 6. The summed E-state index contributed by atoms with van der Waals surface area (Å²) in [7, 11) is 0. The van der Waals surface area contributed by atoms with Gasteiger partial charge in [0.05, 0.1) is 0 Å². The van der Waals surface area contributed by atoms with Crippen molar-refractivity contribution in [2.75, 3.05) is 19.6 Å². The minimum Gasteiger partial charge on any atom is -0.454 e. The Balaban J connectivity index is 0.00000243. The summed E-state index contributed by atoms with van der Waals surface area (Å²) in [4.78, 5) is 18.3. The van der Waals surface area contributed by atoms with Gasteiger partial charge in [0.25, 0.3) is 5.91 Å². The van der Waals surface area contributed by atoms with Crippen molar-refractivity contribution < 1.29 is 9.21 Å². The van der Waals surface area contributed by atoms with Crippen LogP contribution in [-0.2, 0) is 6.54 Å². The number of guanidine groups is 1. The van der Waals surface area contributed by atoms with E-state index in [0.717, 1.165) is 31.5 Å². The van der Waals surface area contributed by atoms with Gasteiger partial charge in [0.15, 0.2) is 11.7 Å². The number of nitrogens with two attached hydrogens (primary N) is 1. The molecule has 1 aliphatic heterocycles. The summed E-state index contributed by atoms with van der Waals surface area (Å²) < 4.78 is 5.38.